The number of para-hydroxylation sites is 1. The van der Waals surface area contributed by atoms with Gasteiger partial charge in [0, 0.05) is 0 Å². The van der Waals surface area contributed by atoms with Gasteiger partial charge in [0.05, 0.1) is 16.4 Å². The third-order valence-electron chi connectivity index (χ3n) is 2.22. The number of carbonyl (C=O) groups excluding carboxylic acids is 1. The molecule has 0 radical (unpaired) electrons. The number of nitrogens with two attached hydrogens (primary N) is 1. The van der Waals surface area contributed by atoms with E-state index in [1.807, 2.05) is 24.3 Å². The van der Waals surface area contributed by atoms with Gasteiger partial charge >= 0.3 is 0 Å². The summed E-state index contributed by atoms with van der Waals surface area (Å²) in [6.45, 7) is 0. The zero-order valence-corrected chi connectivity index (χ0v) is 9.39. The first-order valence-corrected chi connectivity index (χ1v) is 5.64. The third-order valence-corrected chi connectivity index (χ3v) is 3.25. The minimum Gasteiger partial charge on any atom is -0.364 e. The van der Waals surface area contributed by atoms with Gasteiger partial charge in [0.1, 0.15) is 0 Å². The molecule has 1 amide bonds. The molecule has 2 N–H and O–H groups in total. The summed E-state index contributed by atoms with van der Waals surface area (Å²) in [5, 5.41) is 8.14. The van der Waals surface area contributed by atoms with E-state index < -0.39 is 5.91 Å². The van der Waals surface area contributed by atoms with Crippen LogP contribution in [0, 0.1) is 0 Å². The zero-order chi connectivity index (χ0) is 11.8. The van der Waals surface area contributed by atoms with Crippen LogP contribution in [0.3, 0.4) is 0 Å². The van der Waals surface area contributed by atoms with Gasteiger partial charge in [-0.2, -0.15) is 4.68 Å². The topological polar surface area (TPSA) is 86.7 Å². The normalized spacial score (nSPS) is 10.8. The Balaban J connectivity index is 2.10. The van der Waals surface area contributed by atoms with Gasteiger partial charge in [-0.05, 0) is 12.1 Å². The number of carbonyl (C=O) groups is 1. The minimum absolute atomic E-state index is 0.129. The fourth-order valence-electron chi connectivity index (χ4n) is 1.43. The summed E-state index contributed by atoms with van der Waals surface area (Å²) in [5.41, 5.74) is 6.13. The number of amides is 1. The average molecular weight is 245 g/mol. The van der Waals surface area contributed by atoms with E-state index in [1.165, 1.54) is 22.2 Å². The fraction of sp³-hybridized carbons (Fsp3) is 0. The lowest BCUT2D eigenvalue weighted by Crippen LogP contribution is -2.11. The maximum atomic E-state index is 10.9. The van der Waals surface area contributed by atoms with Gasteiger partial charge in [0.2, 0.25) is 5.13 Å². The summed E-state index contributed by atoms with van der Waals surface area (Å²) < 4.78 is 2.50. The molecule has 0 aliphatic heterocycles. The van der Waals surface area contributed by atoms with Crippen molar-refractivity contribution in [3.63, 3.8) is 0 Å². The summed E-state index contributed by atoms with van der Waals surface area (Å²) >= 11 is 1.47. The lowest BCUT2D eigenvalue weighted by Gasteiger charge is -1.89. The van der Waals surface area contributed by atoms with Crippen LogP contribution in [0.5, 0.6) is 0 Å². The maximum Gasteiger partial charge on any atom is 0.270 e. The Morgan fingerprint density at radius 3 is 2.88 bits per heavy atom. The van der Waals surface area contributed by atoms with E-state index in [4.69, 9.17) is 5.73 Å². The van der Waals surface area contributed by atoms with Crippen LogP contribution in [0.4, 0.5) is 0 Å². The van der Waals surface area contributed by atoms with Gasteiger partial charge in [0.25, 0.3) is 5.91 Å². The Bertz CT molecular complexity index is 668. The van der Waals surface area contributed by atoms with Crippen LogP contribution in [0.25, 0.3) is 15.3 Å². The Labute approximate surface area is 99.7 Å². The zero-order valence-electron chi connectivity index (χ0n) is 8.57. The first kappa shape index (κ1) is 9.91. The molecule has 84 valence electrons. The predicted octanol–water partition coefficient (Wildman–Crippen LogP) is 0.976. The van der Waals surface area contributed by atoms with Crippen LogP contribution in [0.15, 0.2) is 30.5 Å². The molecule has 17 heavy (non-hydrogen) atoms. The summed E-state index contributed by atoms with van der Waals surface area (Å²) in [5.74, 6) is -0.600. The molecule has 3 rings (SSSR count). The van der Waals surface area contributed by atoms with E-state index >= 15 is 0 Å². The maximum absolute atomic E-state index is 10.9. The number of hydrogen-bond acceptors (Lipinski definition) is 5. The number of primary amides is 1. The molecule has 0 saturated heterocycles. The number of hydrogen-bond donors (Lipinski definition) is 1. The smallest absolute Gasteiger partial charge is 0.270 e. The van der Waals surface area contributed by atoms with Gasteiger partial charge in [-0.25, -0.2) is 4.98 Å². The quantitative estimate of drug-likeness (QED) is 0.729. The molecule has 1 aromatic carbocycles. The molecule has 0 fully saturated rings. The third kappa shape index (κ3) is 1.66. The average Bonchev–Trinajstić information content (AvgIpc) is 2.95. The van der Waals surface area contributed by atoms with Crippen molar-refractivity contribution in [2.24, 2.45) is 5.73 Å². The Hall–Kier alpha value is -2.28. The second-order valence-corrected chi connectivity index (χ2v) is 4.39. The van der Waals surface area contributed by atoms with E-state index in [0.717, 1.165) is 10.2 Å². The predicted molar refractivity (Wildman–Crippen MR) is 63.1 cm³/mol. The van der Waals surface area contributed by atoms with Crippen molar-refractivity contribution in [3.8, 4) is 5.13 Å². The van der Waals surface area contributed by atoms with Gasteiger partial charge in [-0.3, -0.25) is 4.79 Å². The lowest BCUT2D eigenvalue weighted by atomic mass is 10.3. The lowest BCUT2D eigenvalue weighted by molar-refractivity contribution is 0.0995. The monoisotopic (exact) mass is 245 g/mol. The molecule has 7 heteroatoms. The van der Waals surface area contributed by atoms with Crippen molar-refractivity contribution < 1.29 is 4.79 Å². The van der Waals surface area contributed by atoms with E-state index in [-0.39, 0.29) is 5.69 Å². The molecule has 0 saturated carbocycles. The summed E-state index contributed by atoms with van der Waals surface area (Å²) in [7, 11) is 0. The van der Waals surface area contributed by atoms with Crippen LogP contribution in [0.1, 0.15) is 10.5 Å². The van der Waals surface area contributed by atoms with E-state index in [2.05, 4.69) is 15.3 Å². The Kier molecular flexibility index (Phi) is 2.12. The number of rotatable bonds is 2. The van der Waals surface area contributed by atoms with Crippen molar-refractivity contribution in [2.75, 3.05) is 0 Å². The summed E-state index contributed by atoms with van der Waals surface area (Å²) in [6.07, 6.45) is 1.47. The molecule has 0 atom stereocenters. The number of nitrogens with zero attached hydrogens (tertiary/aromatic N) is 4. The summed E-state index contributed by atoms with van der Waals surface area (Å²) in [4.78, 5) is 15.3. The number of fused-ring (bicyclic) bond motifs is 1. The Morgan fingerprint density at radius 2 is 2.18 bits per heavy atom. The molecule has 0 bridgehead atoms. The van der Waals surface area contributed by atoms with E-state index in [9.17, 15) is 4.79 Å². The molecular weight excluding hydrogens is 238 g/mol. The first-order chi connectivity index (χ1) is 8.24. The van der Waals surface area contributed by atoms with Crippen LogP contribution in [-0.4, -0.2) is 25.9 Å². The molecule has 0 unspecified atom stereocenters. The standard InChI is InChI=1S/C10H7N5OS/c11-9(16)7-5-15(14-13-7)10-12-6-3-1-2-4-8(6)17-10/h1-5H,(H2,11,16). The SMILES string of the molecule is NC(=O)c1cn(-c2nc3ccccc3s2)nn1. The van der Waals surface area contributed by atoms with Crippen molar-refractivity contribution >= 4 is 27.5 Å². The highest BCUT2D eigenvalue weighted by Crippen LogP contribution is 2.23. The van der Waals surface area contributed by atoms with Gasteiger partial charge in [0.15, 0.2) is 5.69 Å². The molecule has 3 aromatic rings. The largest absolute Gasteiger partial charge is 0.364 e. The number of benzene rings is 1. The van der Waals surface area contributed by atoms with Gasteiger partial charge < -0.3 is 5.73 Å². The van der Waals surface area contributed by atoms with E-state index in [1.54, 1.807) is 0 Å². The molecular formula is C10H7N5OS. The second-order valence-electron chi connectivity index (χ2n) is 3.38. The second kappa shape index (κ2) is 3.63. The minimum atomic E-state index is -0.600. The van der Waals surface area contributed by atoms with Crippen molar-refractivity contribution in [1.29, 1.82) is 0 Å². The first-order valence-electron chi connectivity index (χ1n) is 4.82. The van der Waals surface area contributed by atoms with Crippen LogP contribution in [-0.2, 0) is 0 Å². The molecule has 0 aliphatic rings. The van der Waals surface area contributed by atoms with Crippen LogP contribution >= 0.6 is 11.3 Å². The van der Waals surface area contributed by atoms with Crippen molar-refractivity contribution in [1.82, 2.24) is 20.0 Å². The number of aromatic nitrogens is 4. The highest BCUT2D eigenvalue weighted by atomic mass is 32.1. The Morgan fingerprint density at radius 1 is 1.35 bits per heavy atom. The summed E-state index contributed by atoms with van der Waals surface area (Å²) in [6, 6.07) is 7.76. The molecule has 2 heterocycles. The highest BCUT2D eigenvalue weighted by molar-refractivity contribution is 7.20. The van der Waals surface area contributed by atoms with Gasteiger partial charge in [-0.1, -0.05) is 28.7 Å². The van der Waals surface area contributed by atoms with Crippen LogP contribution < -0.4 is 5.73 Å². The highest BCUT2D eigenvalue weighted by Gasteiger charge is 2.10. The molecule has 0 aliphatic carbocycles. The fourth-order valence-corrected chi connectivity index (χ4v) is 2.32. The van der Waals surface area contributed by atoms with Crippen molar-refractivity contribution in [2.45, 2.75) is 0 Å². The molecule has 0 spiro atoms. The molecule has 2 aromatic heterocycles. The van der Waals surface area contributed by atoms with Crippen LogP contribution in [0.2, 0.25) is 0 Å². The van der Waals surface area contributed by atoms with E-state index in [0.29, 0.717) is 5.13 Å². The number of thiazole rings is 1. The van der Waals surface area contributed by atoms with Crippen molar-refractivity contribution in [3.05, 3.63) is 36.2 Å². The van der Waals surface area contributed by atoms with Gasteiger partial charge in [-0.15, -0.1) is 5.10 Å². The molecule has 6 nitrogen and oxygen atoms in total.